The summed E-state index contributed by atoms with van der Waals surface area (Å²) in [6.07, 6.45) is 5.10. The van der Waals surface area contributed by atoms with Crippen LogP contribution in [0.3, 0.4) is 0 Å². The van der Waals surface area contributed by atoms with Crippen LogP contribution in [0.2, 0.25) is 0 Å². The van der Waals surface area contributed by atoms with Gasteiger partial charge in [0.15, 0.2) is 0 Å². The van der Waals surface area contributed by atoms with Gasteiger partial charge in [0.25, 0.3) is 0 Å². The zero-order chi connectivity index (χ0) is 13.0. The molecule has 0 fully saturated rings. The van der Waals surface area contributed by atoms with E-state index < -0.39 is 0 Å². The minimum absolute atomic E-state index is 0.445. The lowest BCUT2D eigenvalue weighted by Crippen LogP contribution is -1.79. The van der Waals surface area contributed by atoms with Crippen LogP contribution >= 0.6 is 0 Å². The maximum absolute atomic E-state index is 5.61. The van der Waals surface area contributed by atoms with E-state index in [1.54, 1.807) is 18.2 Å². The highest BCUT2D eigenvalue weighted by Crippen LogP contribution is 2.22. The third-order valence-electron chi connectivity index (χ3n) is 2.49. The van der Waals surface area contributed by atoms with Crippen molar-refractivity contribution in [3.63, 3.8) is 0 Å². The van der Waals surface area contributed by atoms with Gasteiger partial charge in [-0.25, -0.2) is 0 Å². The molecule has 18 heavy (non-hydrogen) atoms. The molecule has 3 nitrogen and oxygen atoms in total. The predicted molar refractivity (Wildman–Crippen MR) is 72.8 cm³/mol. The number of hydrogen-bond acceptors (Lipinski definition) is 3. The molecule has 2 aromatic rings. The molecule has 0 unspecified atom stereocenters. The normalized spacial score (nSPS) is 11.3. The molecule has 0 saturated heterocycles. The van der Waals surface area contributed by atoms with Crippen molar-refractivity contribution < 1.29 is 4.42 Å². The van der Waals surface area contributed by atoms with E-state index in [-0.39, 0.29) is 0 Å². The summed E-state index contributed by atoms with van der Waals surface area (Å²) in [6, 6.07) is 7.93. The topological polar surface area (TPSA) is 38.9 Å². The Morgan fingerprint density at radius 1 is 1.17 bits per heavy atom. The van der Waals surface area contributed by atoms with Crippen molar-refractivity contribution in [1.29, 1.82) is 0 Å². The molecule has 0 spiro atoms. The molecular weight excluding hydrogens is 224 g/mol. The number of rotatable bonds is 4. The molecule has 0 aliphatic carbocycles. The molecule has 0 atom stereocenters. The van der Waals surface area contributed by atoms with Gasteiger partial charge in [0.1, 0.15) is 0 Å². The summed E-state index contributed by atoms with van der Waals surface area (Å²) in [5.74, 6) is 0.947. The first-order chi connectivity index (χ1) is 8.74. The van der Waals surface area contributed by atoms with Crippen molar-refractivity contribution in [1.82, 2.24) is 10.2 Å². The molecule has 0 radical (unpaired) electrons. The maximum Gasteiger partial charge on any atom is 0.248 e. The van der Waals surface area contributed by atoms with Crippen LogP contribution < -0.4 is 0 Å². The minimum atomic E-state index is 0.445. The number of benzene rings is 1. The Balaban J connectivity index is 2.35. The average molecular weight is 238 g/mol. The lowest BCUT2D eigenvalue weighted by Gasteiger charge is -1.95. The van der Waals surface area contributed by atoms with Gasteiger partial charge in [-0.2, -0.15) is 0 Å². The fourth-order valence-electron chi connectivity index (χ4n) is 1.51. The van der Waals surface area contributed by atoms with Crippen molar-refractivity contribution in [3.8, 4) is 11.5 Å². The molecule has 0 aliphatic heterocycles. The summed E-state index contributed by atoms with van der Waals surface area (Å²) in [5, 5.41) is 8.03. The Kier molecular flexibility index (Phi) is 3.53. The zero-order valence-corrected chi connectivity index (χ0v) is 10.3. The van der Waals surface area contributed by atoms with E-state index >= 15 is 0 Å². The number of allylic oxidation sites excluding steroid dienone is 4. The zero-order valence-electron chi connectivity index (χ0n) is 10.3. The molecule has 1 aromatic heterocycles. The molecule has 0 N–H and O–H groups in total. The SMILES string of the molecule is C=C/C=C(\C=C)c1nnc(-c2ccc(C)cc2)o1. The molecule has 2 rings (SSSR count). The Morgan fingerprint density at radius 3 is 2.50 bits per heavy atom. The Morgan fingerprint density at radius 2 is 1.89 bits per heavy atom. The first kappa shape index (κ1) is 12.0. The second-order valence-corrected chi connectivity index (χ2v) is 3.84. The summed E-state index contributed by atoms with van der Waals surface area (Å²) in [6.45, 7) is 9.37. The largest absolute Gasteiger partial charge is 0.416 e. The van der Waals surface area contributed by atoms with Crippen LogP contribution in [0.5, 0.6) is 0 Å². The summed E-state index contributed by atoms with van der Waals surface area (Å²) >= 11 is 0. The smallest absolute Gasteiger partial charge is 0.248 e. The predicted octanol–water partition coefficient (Wildman–Crippen LogP) is 3.80. The molecule has 3 heteroatoms. The van der Waals surface area contributed by atoms with E-state index in [4.69, 9.17) is 4.42 Å². The van der Waals surface area contributed by atoms with E-state index in [1.165, 1.54) is 5.56 Å². The Labute approximate surface area is 106 Å². The van der Waals surface area contributed by atoms with Gasteiger partial charge < -0.3 is 4.42 Å². The maximum atomic E-state index is 5.61. The van der Waals surface area contributed by atoms with Crippen molar-refractivity contribution in [2.45, 2.75) is 6.92 Å². The average Bonchev–Trinajstić information content (AvgIpc) is 2.86. The van der Waals surface area contributed by atoms with Gasteiger partial charge in [0.05, 0.1) is 0 Å². The van der Waals surface area contributed by atoms with E-state index in [9.17, 15) is 0 Å². The van der Waals surface area contributed by atoms with Crippen LogP contribution in [0.4, 0.5) is 0 Å². The third kappa shape index (κ3) is 2.46. The molecule has 0 saturated carbocycles. The molecule has 90 valence electrons. The quantitative estimate of drug-likeness (QED) is 0.760. The van der Waals surface area contributed by atoms with Gasteiger partial charge in [0, 0.05) is 11.1 Å². The van der Waals surface area contributed by atoms with Crippen molar-refractivity contribution in [2.75, 3.05) is 0 Å². The summed E-state index contributed by atoms with van der Waals surface area (Å²) in [7, 11) is 0. The standard InChI is InChI=1S/C15H14N2O/c1-4-6-12(5-2)14-16-17-15(18-14)13-9-7-11(3)8-10-13/h4-10H,1-2H2,3H3/b12-6+. The van der Waals surface area contributed by atoms with Crippen LogP contribution in [-0.4, -0.2) is 10.2 Å². The van der Waals surface area contributed by atoms with E-state index in [2.05, 4.69) is 23.4 Å². The fourth-order valence-corrected chi connectivity index (χ4v) is 1.51. The number of hydrogen-bond donors (Lipinski definition) is 0. The van der Waals surface area contributed by atoms with Gasteiger partial charge in [-0.3, -0.25) is 0 Å². The molecular formula is C15H14N2O. The van der Waals surface area contributed by atoms with Crippen molar-refractivity contribution in [3.05, 3.63) is 67.1 Å². The van der Waals surface area contributed by atoms with Crippen molar-refractivity contribution in [2.24, 2.45) is 0 Å². The van der Waals surface area contributed by atoms with Gasteiger partial charge in [-0.15, -0.1) is 10.2 Å². The van der Waals surface area contributed by atoms with Gasteiger partial charge in [-0.05, 0) is 19.1 Å². The number of aromatic nitrogens is 2. The van der Waals surface area contributed by atoms with E-state index in [0.29, 0.717) is 11.8 Å². The van der Waals surface area contributed by atoms with Crippen LogP contribution in [-0.2, 0) is 0 Å². The van der Waals surface area contributed by atoms with E-state index in [1.807, 2.05) is 31.2 Å². The molecule has 1 aromatic carbocycles. The van der Waals surface area contributed by atoms with Crippen LogP contribution in [0.1, 0.15) is 11.5 Å². The molecule has 0 aliphatic rings. The van der Waals surface area contributed by atoms with Crippen LogP contribution in [0, 0.1) is 6.92 Å². The number of nitrogens with zero attached hydrogens (tertiary/aromatic N) is 2. The fraction of sp³-hybridized carbons (Fsp3) is 0.0667. The van der Waals surface area contributed by atoms with Crippen molar-refractivity contribution >= 4 is 5.57 Å². The Bertz CT molecular complexity index is 591. The number of aryl methyl sites for hydroxylation is 1. The minimum Gasteiger partial charge on any atom is -0.416 e. The molecule has 0 bridgehead atoms. The van der Waals surface area contributed by atoms with Crippen LogP contribution in [0.25, 0.3) is 17.0 Å². The lowest BCUT2D eigenvalue weighted by molar-refractivity contribution is 0.554. The van der Waals surface area contributed by atoms with Gasteiger partial charge >= 0.3 is 0 Å². The summed E-state index contributed by atoms with van der Waals surface area (Å²) in [5.41, 5.74) is 2.86. The highest BCUT2D eigenvalue weighted by Gasteiger charge is 2.09. The third-order valence-corrected chi connectivity index (χ3v) is 2.49. The molecule has 1 heterocycles. The highest BCUT2D eigenvalue weighted by atomic mass is 16.4. The van der Waals surface area contributed by atoms with Gasteiger partial charge in [-0.1, -0.05) is 49.1 Å². The first-order valence-corrected chi connectivity index (χ1v) is 5.60. The summed E-state index contributed by atoms with van der Waals surface area (Å²) < 4.78 is 5.61. The Hall–Kier alpha value is -2.42. The van der Waals surface area contributed by atoms with Gasteiger partial charge in [0.2, 0.25) is 11.8 Å². The van der Waals surface area contributed by atoms with E-state index in [0.717, 1.165) is 11.1 Å². The van der Waals surface area contributed by atoms with Crippen LogP contribution in [0.15, 0.2) is 60.1 Å². The monoisotopic (exact) mass is 238 g/mol. The lowest BCUT2D eigenvalue weighted by atomic mass is 10.1. The second-order valence-electron chi connectivity index (χ2n) is 3.84. The highest BCUT2D eigenvalue weighted by molar-refractivity contribution is 5.69. The first-order valence-electron chi connectivity index (χ1n) is 5.60. The molecule has 0 amide bonds. The second kappa shape index (κ2) is 5.27. The summed E-state index contributed by atoms with van der Waals surface area (Å²) in [4.78, 5) is 0.